The summed E-state index contributed by atoms with van der Waals surface area (Å²) in [4.78, 5) is 19.4. The molecule has 1 saturated carbocycles. The first-order chi connectivity index (χ1) is 14.2. The summed E-state index contributed by atoms with van der Waals surface area (Å²) in [6.45, 7) is 5.35. The normalized spacial score (nSPS) is 23.8. The maximum Gasteiger partial charge on any atom is 0.223 e. The molecule has 0 spiro atoms. The van der Waals surface area contributed by atoms with E-state index in [1.54, 1.807) is 6.20 Å². The average molecular weight is 395 g/mol. The van der Waals surface area contributed by atoms with Crippen molar-refractivity contribution in [1.82, 2.24) is 19.8 Å². The quantitative estimate of drug-likeness (QED) is 0.800. The van der Waals surface area contributed by atoms with Crippen LogP contribution in [-0.2, 0) is 11.3 Å². The molecule has 29 heavy (non-hydrogen) atoms. The van der Waals surface area contributed by atoms with E-state index in [0.29, 0.717) is 17.9 Å². The molecule has 1 amide bonds. The molecule has 5 heteroatoms. The van der Waals surface area contributed by atoms with Crippen LogP contribution in [0.5, 0.6) is 0 Å². The summed E-state index contributed by atoms with van der Waals surface area (Å²) in [6.07, 6.45) is 13.7. The van der Waals surface area contributed by atoms with Gasteiger partial charge in [-0.15, -0.1) is 0 Å². The Bertz CT molecular complexity index is 765. The molecule has 5 nitrogen and oxygen atoms in total. The number of hydrogen-bond donors (Lipinski definition) is 1. The predicted octanol–water partition coefficient (Wildman–Crippen LogP) is 4.17. The van der Waals surface area contributed by atoms with Crippen LogP contribution < -0.4 is 5.32 Å². The van der Waals surface area contributed by atoms with Crippen molar-refractivity contribution in [3.63, 3.8) is 0 Å². The van der Waals surface area contributed by atoms with E-state index in [-0.39, 0.29) is 5.92 Å². The number of carbonyl (C=O) groups is 1. The first kappa shape index (κ1) is 20.1. The SMILES string of the molecule is CC[C@@H]1CN(Cc2ccc(-n3ccnc3)cc2)CC[C@@H]1NC(=O)C1CCCCC1. The lowest BCUT2D eigenvalue weighted by Gasteiger charge is -2.39. The monoisotopic (exact) mass is 394 g/mol. The molecule has 1 aromatic carbocycles. The fourth-order valence-corrected chi connectivity index (χ4v) is 4.96. The van der Waals surface area contributed by atoms with Crippen LogP contribution in [-0.4, -0.2) is 39.5 Å². The highest BCUT2D eigenvalue weighted by atomic mass is 16.1. The smallest absolute Gasteiger partial charge is 0.223 e. The van der Waals surface area contributed by atoms with Gasteiger partial charge in [0.1, 0.15) is 0 Å². The summed E-state index contributed by atoms with van der Waals surface area (Å²) < 4.78 is 2.03. The van der Waals surface area contributed by atoms with Crippen molar-refractivity contribution in [3.8, 4) is 5.69 Å². The van der Waals surface area contributed by atoms with Crippen molar-refractivity contribution in [2.45, 2.75) is 64.5 Å². The zero-order valence-electron chi connectivity index (χ0n) is 17.6. The van der Waals surface area contributed by atoms with Gasteiger partial charge in [-0.2, -0.15) is 0 Å². The second-order valence-electron chi connectivity index (χ2n) is 8.78. The molecule has 2 aliphatic rings. The van der Waals surface area contributed by atoms with Crippen molar-refractivity contribution >= 4 is 5.91 Å². The number of amides is 1. The standard InChI is InChI=1S/C24H34N4O/c1-2-20-17-27(14-12-23(20)26-24(29)21-6-4-3-5-7-21)16-19-8-10-22(11-9-19)28-15-13-25-18-28/h8-11,13,15,18,20-21,23H,2-7,12,14,16-17H2,1H3,(H,26,29)/t20-,23+/m1/s1. The van der Waals surface area contributed by atoms with E-state index in [9.17, 15) is 4.79 Å². The van der Waals surface area contributed by atoms with Gasteiger partial charge in [-0.25, -0.2) is 4.98 Å². The first-order valence-electron chi connectivity index (χ1n) is 11.3. The summed E-state index contributed by atoms with van der Waals surface area (Å²) in [5, 5.41) is 3.42. The van der Waals surface area contributed by atoms with Crippen molar-refractivity contribution < 1.29 is 4.79 Å². The lowest BCUT2D eigenvalue weighted by molar-refractivity contribution is -0.127. The van der Waals surface area contributed by atoms with Gasteiger partial charge in [0.15, 0.2) is 0 Å². The Morgan fingerprint density at radius 3 is 2.62 bits per heavy atom. The van der Waals surface area contributed by atoms with E-state index < -0.39 is 0 Å². The van der Waals surface area contributed by atoms with Crippen molar-refractivity contribution in [2.24, 2.45) is 11.8 Å². The Morgan fingerprint density at radius 2 is 1.93 bits per heavy atom. The van der Waals surface area contributed by atoms with E-state index in [2.05, 4.69) is 46.4 Å². The number of carbonyl (C=O) groups excluding carboxylic acids is 1. The Labute approximate surface area is 174 Å². The number of likely N-dealkylation sites (tertiary alicyclic amines) is 1. The lowest BCUT2D eigenvalue weighted by atomic mass is 9.86. The predicted molar refractivity (Wildman–Crippen MR) is 116 cm³/mol. The number of nitrogens with one attached hydrogen (secondary N) is 1. The van der Waals surface area contributed by atoms with E-state index in [4.69, 9.17) is 0 Å². The summed E-state index contributed by atoms with van der Waals surface area (Å²) in [7, 11) is 0. The number of benzene rings is 1. The zero-order chi connectivity index (χ0) is 20.1. The fourth-order valence-electron chi connectivity index (χ4n) is 4.96. The molecule has 2 atom stereocenters. The molecule has 1 aromatic heterocycles. The number of nitrogens with zero attached hydrogens (tertiary/aromatic N) is 3. The number of imidazole rings is 1. The molecule has 1 N–H and O–H groups in total. The summed E-state index contributed by atoms with van der Waals surface area (Å²) in [6, 6.07) is 9.09. The minimum absolute atomic E-state index is 0.258. The number of hydrogen-bond acceptors (Lipinski definition) is 3. The topological polar surface area (TPSA) is 50.2 Å². The zero-order valence-corrected chi connectivity index (χ0v) is 17.6. The third kappa shape index (κ3) is 5.08. The van der Waals surface area contributed by atoms with E-state index in [1.165, 1.54) is 24.8 Å². The molecule has 1 aliphatic carbocycles. The minimum Gasteiger partial charge on any atom is -0.353 e. The van der Waals surface area contributed by atoms with Gasteiger partial charge in [0, 0.05) is 49.7 Å². The highest BCUT2D eigenvalue weighted by Crippen LogP contribution is 2.26. The molecule has 0 unspecified atom stereocenters. The Morgan fingerprint density at radius 1 is 1.14 bits per heavy atom. The van der Waals surface area contributed by atoms with Gasteiger partial charge < -0.3 is 9.88 Å². The van der Waals surface area contributed by atoms with E-state index >= 15 is 0 Å². The molecule has 2 fully saturated rings. The fraction of sp³-hybridized carbons (Fsp3) is 0.583. The molecule has 156 valence electrons. The Balaban J connectivity index is 1.30. The van der Waals surface area contributed by atoms with E-state index in [1.807, 2.05) is 17.1 Å². The number of piperidine rings is 1. The van der Waals surface area contributed by atoms with Crippen molar-refractivity contribution in [2.75, 3.05) is 13.1 Å². The molecular weight excluding hydrogens is 360 g/mol. The second-order valence-corrected chi connectivity index (χ2v) is 8.78. The third-order valence-electron chi connectivity index (χ3n) is 6.79. The molecule has 0 bridgehead atoms. The largest absolute Gasteiger partial charge is 0.353 e. The molecule has 1 aliphatic heterocycles. The lowest BCUT2D eigenvalue weighted by Crippen LogP contribution is -2.51. The maximum absolute atomic E-state index is 12.7. The summed E-state index contributed by atoms with van der Waals surface area (Å²) in [5.74, 6) is 1.12. The van der Waals surface area contributed by atoms with Crippen LogP contribution in [0, 0.1) is 11.8 Å². The second kappa shape index (κ2) is 9.57. The summed E-state index contributed by atoms with van der Waals surface area (Å²) >= 11 is 0. The molecule has 2 heterocycles. The van der Waals surface area contributed by atoms with Crippen LogP contribution >= 0.6 is 0 Å². The van der Waals surface area contributed by atoms with Gasteiger partial charge in [-0.1, -0.05) is 44.7 Å². The van der Waals surface area contributed by atoms with Crippen LogP contribution in [0.15, 0.2) is 43.0 Å². The van der Waals surface area contributed by atoms with Gasteiger partial charge in [-0.05, 0) is 42.9 Å². The molecule has 2 aromatic rings. The van der Waals surface area contributed by atoms with Gasteiger partial charge >= 0.3 is 0 Å². The molecular formula is C24H34N4O. The van der Waals surface area contributed by atoms with Gasteiger partial charge in [0.2, 0.25) is 5.91 Å². The van der Waals surface area contributed by atoms with Crippen molar-refractivity contribution in [3.05, 3.63) is 48.5 Å². The molecule has 0 radical (unpaired) electrons. The maximum atomic E-state index is 12.7. The van der Waals surface area contributed by atoms with E-state index in [0.717, 1.165) is 51.0 Å². The first-order valence-corrected chi connectivity index (χ1v) is 11.3. The number of rotatable bonds is 6. The van der Waals surface area contributed by atoms with Crippen LogP contribution in [0.25, 0.3) is 5.69 Å². The molecule has 1 saturated heterocycles. The average Bonchev–Trinajstić information content (AvgIpc) is 3.31. The highest BCUT2D eigenvalue weighted by molar-refractivity contribution is 5.79. The molecule has 4 rings (SSSR count). The Hall–Kier alpha value is -2.14. The van der Waals surface area contributed by atoms with Crippen LogP contribution in [0.1, 0.15) is 57.4 Å². The van der Waals surface area contributed by atoms with Crippen LogP contribution in [0.3, 0.4) is 0 Å². The van der Waals surface area contributed by atoms with Gasteiger partial charge in [0.25, 0.3) is 0 Å². The van der Waals surface area contributed by atoms with Crippen molar-refractivity contribution in [1.29, 1.82) is 0 Å². The van der Waals surface area contributed by atoms with Gasteiger partial charge in [-0.3, -0.25) is 9.69 Å². The third-order valence-corrected chi connectivity index (χ3v) is 6.79. The minimum atomic E-state index is 0.258. The number of aromatic nitrogens is 2. The van der Waals surface area contributed by atoms with Gasteiger partial charge in [0.05, 0.1) is 6.33 Å². The Kier molecular flexibility index (Phi) is 6.65. The summed E-state index contributed by atoms with van der Waals surface area (Å²) in [5.41, 5.74) is 2.48. The van der Waals surface area contributed by atoms with Crippen LogP contribution in [0.4, 0.5) is 0 Å². The van der Waals surface area contributed by atoms with Crippen LogP contribution in [0.2, 0.25) is 0 Å². The highest BCUT2D eigenvalue weighted by Gasteiger charge is 2.31.